The van der Waals surface area contributed by atoms with Crippen molar-refractivity contribution in [2.75, 3.05) is 45.1 Å². The molecule has 1 amide bonds. The molecule has 0 fully saturated rings. The van der Waals surface area contributed by atoms with E-state index in [4.69, 9.17) is 4.74 Å². The molecule has 0 aliphatic carbocycles. The van der Waals surface area contributed by atoms with Crippen LogP contribution in [0.5, 0.6) is 5.75 Å². The molecular weight excluding hydrogens is 320 g/mol. The average Bonchev–Trinajstić information content (AvgIpc) is 2.60. The second-order valence-corrected chi connectivity index (χ2v) is 5.91. The molecule has 0 aliphatic heterocycles. The Morgan fingerprint density at radius 2 is 1.64 bits per heavy atom. The molecule has 0 bridgehead atoms. The lowest BCUT2D eigenvalue weighted by Gasteiger charge is -2.16. The van der Waals surface area contributed by atoms with Crippen LogP contribution in [0.25, 0.3) is 0 Å². The number of carbonyl (C=O) groups excluding carboxylic acids is 1. The molecule has 1 aromatic carbocycles. The number of aromatic nitrogens is 3. The minimum absolute atomic E-state index is 0.122. The second-order valence-electron chi connectivity index (χ2n) is 5.91. The molecule has 0 radical (unpaired) electrons. The van der Waals surface area contributed by atoms with Gasteiger partial charge in [-0.05, 0) is 6.07 Å². The van der Waals surface area contributed by atoms with E-state index < -0.39 is 0 Å². The molecule has 8 heteroatoms. The number of benzene rings is 1. The molecule has 2 rings (SSSR count). The maximum Gasteiger partial charge on any atom is 0.229 e. The first-order valence-corrected chi connectivity index (χ1v) is 7.89. The van der Waals surface area contributed by atoms with Gasteiger partial charge < -0.3 is 19.9 Å². The number of hydrogen-bond acceptors (Lipinski definition) is 7. The first-order valence-electron chi connectivity index (χ1n) is 7.89. The summed E-state index contributed by atoms with van der Waals surface area (Å²) in [6.45, 7) is 0.234. The first kappa shape index (κ1) is 18.4. The molecule has 1 N–H and O–H groups in total. The van der Waals surface area contributed by atoms with Gasteiger partial charge in [-0.15, -0.1) is 0 Å². The lowest BCUT2D eigenvalue weighted by molar-refractivity contribution is -0.120. The molecule has 25 heavy (non-hydrogen) atoms. The van der Waals surface area contributed by atoms with Gasteiger partial charge in [0.05, 0.1) is 20.1 Å². The lowest BCUT2D eigenvalue weighted by Crippen LogP contribution is -2.27. The highest BCUT2D eigenvalue weighted by Gasteiger charge is 2.12. The number of methoxy groups -OCH3 is 1. The van der Waals surface area contributed by atoms with Crippen LogP contribution >= 0.6 is 0 Å². The normalized spacial score (nSPS) is 10.3. The summed E-state index contributed by atoms with van der Waals surface area (Å²) in [6.07, 6.45) is 0.232. The molecule has 1 aromatic heterocycles. The molecule has 8 nitrogen and oxygen atoms in total. The maximum absolute atomic E-state index is 12.2. The van der Waals surface area contributed by atoms with Crippen LogP contribution in [0.3, 0.4) is 0 Å². The molecule has 0 aliphatic rings. The minimum atomic E-state index is -0.122. The van der Waals surface area contributed by atoms with E-state index in [1.165, 1.54) is 0 Å². The monoisotopic (exact) mass is 344 g/mol. The van der Waals surface area contributed by atoms with E-state index in [9.17, 15) is 4.79 Å². The minimum Gasteiger partial charge on any atom is -0.496 e. The van der Waals surface area contributed by atoms with Crippen LogP contribution in [0.1, 0.15) is 11.4 Å². The van der Waals surface area contributed by atoms with Gasteiger partial charge in [0.25, 0.3) is 0 Å². The van der Waals surface area contributed by atoms with E-state index in [1.807, 2.05) is 52.5 Å². The zero-order valence-electron chi connectivity index (χ0n) is 15.3. The van der Waals surface area contributed by atoms with Crippen molar-refractivity contribution in [2.24, 2.45) is 0 Å². The number of carbonyl (C=O) groups is 1. The van der Waals surface area contributed by atoms with E-state index in [0.29, 0.717) is 23.5 Å². The standard InChI is InChI=1S/C17H24N6O2/c1-22(2)16-19-14(20-17(21-16)23(3)4)11-18-15(24)10-12-8-6-7-9-13(12)25-5/h6-9H,10-11H2,1-5H3,(H,18,24). The number of amides is 1. The fourth-order valence-corrected chi connectivity index (χ4v) is 2.14. The predicted octanol–water partition coefficient (Wildman–Crippen LogP) is 0.871. The number of rotatable bonds is 7. The van der Waals surface area contributed by atoms with E-state index in [1.54, 1.807) is 16.9 Å². The first-order chi connectivity index (χ1) is 11.9. The Kier molecular flexibility index (Phi) is 6.10. The molecule has 0 atom stereocenters. The Bertz CT molecular complexity index is 707. The van der Waals surface area contributed by atoms with Gasteiger partial charge in [0, 0.05) is 33.8 Å². The van der Waals surface area contributed by atoms with Crippen LogP contribution in [0.15, 0.2) is 24.3 Å². The van der Waals surface area contributed by atoms with Crippen molar-refractivity contribution >= 4 is 17.8 Å². The number of para-hydroxylation sites is 1. The number of ether oxygens (including phenoxy) is 1. The van der Waals surface area contributed by atoms with Gasteiger partial charge in [0.15, 0.2) is 5.82 Å². The van der Waals surface area contributed by atoms with Crippen molar-refractivity contribution in [1.29, 1.82) is 0 Å². The SMILES string of the molecule is COc1ccccc1CC(=O)NCc1nc(N(C)C)nc(N(C)C)n1. The highest BCUT2D eigenvalue weighted by molar-refractivity contribution is 5.79. The quantitative estimate of drug-likeness (QED) is 0.798. The van der Waals surface area contributed by atoms with Crippen LogP contribution in [0.2, 0.25) is 0 Å². The summed E-state index contributed by atoms with van der Waals surface area (Å²) in [4.78, 5) is 28.9. The van der Waals surface area contributed by atoms with Gasteiger partial charge in [-0.3, -0.25) is 4.79 Å². The largest absolute Gasteiger partial charge is 0.496 e. The Balaban J connectivity index is 2.06. The van der Waals surface area contributed by atoms with Gasteiger partial charge in [-0.1, -0.05) is 18.2 Å². The number of anilines is 2. The third kappa shape index (κ3) is 5.03. The highest BCUT2D eigenvalue weighted by atomic mass is 16.5. The van der Waals surface area contributed by atoms with Crippen LogP contribution in [0.4, 0.5) is 11.9 Å². The smallest absolute Gasteiger partial charge is 0.229 e. The second kappa shape index (κ2) is 8.27. The fourth-order valence-electron chi connectivity index (χ4n) is 2.14. The maximum atomic E-state index is 12.2. The van der Waals surface area contributed by atoms with Crippen molar-refractivity contribution in [1.82, 2.24) is 20.3 Å². The molecule has 0 spiro atoms. The summed E-state index contributed by atoms with van der Waals surface area (Å²) < 4.78 is 5.27. The Morgan fingerprint density at radius 3 is 2.20 bits per heavy atom. The number of nitrogens with one attached hydrogen (secondary N) is 1. The Labute approximate surface area is 147 Å². The van der Waals surface area contributed by atoms with Crippen molar-refractivity contribution in [3.8, 4) is 5.75 Å². The summed E-state index contributed by atoms with van der Waals surface area (Å²) >= 11 is 0. The van der Waals surface area contributed by atoms with E-state index in [-0.39, 0.29) is 18.9 Å². The van der Waals surface area contributed by atoms with Crippen LogP contribution in [0, 0.1) is 0 Å². The van der Waals surface area contributed by atoms with Crippen molar-refractivity contribution in [3.63, 3.8) is 0 Å². The zero-order valence-corrected chi connectivity index (χ0v) is 15.3. The summed E-state index contributed by atoms with van der Waals surface area (Å²) in [5.41, 5.74) is 0.834. The predicted molar refractivity (Wildman–Crippen MR) is 97.0 cm³/mol. The topological polar surface area (TPSA) is 83.5 Å². The third-order valence-electron chi connectivity index (χ3n) is 3.45. The highest BCUT2D eigenvalue weighted by Crippen LogP contribution is 2.17. The molecule has 1 heterocycles. The van der Waals surface area contributed by atoms with Crippen molar-refractivity contribution in [3.05, 3.63) is 35.7 Å². The molecule has 0 saturated carbocycles. The fraction of sp³-hybridized carbons (Fsp3) is 0.412. The summed E-state index contributed by atoms with van der Waals surface area (Å²) in [5.74, 6) is 2.18. The molecule has 0 unspecified atom stereocenters. The lowest BCUT2D eigenvalue weighted by atomic mass is 10.1. The van der Waals surface area contributed by atoms with E-state index in [2.05, 4.69) is 20.3 Å². The van der Waals surface area contributed by atoms with Crippen LogP contribution < -0.4 is 19.9 Å². The van der Waals surface area contributed by atoms with E-state index >= 15 is 0 Å². The van der Waals surface area contributed by atoms with Crippen molar-refractivity contribution in [2.45, 2.75) is 13.0 Å². The van der Waals surface area contributed by atoms with Gasteiger partial charge >= 0.3 is 0 Å². The van der Waals surface area contributed by atoms with Gasteiger partial charge in [0.2, 0.25) is 17.8 Å². The summed E-state index contributed by atoms with van der Waals surface area (Å²) in [5, 5.41) is 2.85. The molecular formula is C17H24N6O2. The molecule has 134 valence electrons. The number of hydrogen-bond donors (Lipinski definition) is 1. The third-order valence-corrected chi connectivity index (χ3v) is 3.45. The van der Waals surface area contributed by atoms with Crippen LogP contribution in [-0.4, -0.2) is 56.2 Å². The van der Waals surface area contributed by atoms with Gasteiger partial charge in [-0.25, -0.2) is 0 Å². The molecule has 0 saturated heterocycles. The number of nitrogens with zero attached hydrogens (tertiary/aromatic N) is 5. The Hall–Kier alpha value is -2.90. The average molecular weight is 344 g/mol. The van der Waals surface area contributed by atoms with Gasteiger partial charge in [0.1, 0.15) is 5.75 Å². The van der Waals surface area contributed by atoms with Crippen molar-refractivity contribution < 1.29 is 9.53 Å². The zero-order chi connectivity index (χ0) is 18.4. The van der Waals surface area contributed by atoms with Crippen LogP contribution in [-0.2, 0) is 17.8 Å². The summed E-state index contributed by atoms with van der Waals surface area (Å²) in [6, 6.07) is 7.46. The Morgan fingerprint density at radius 1 is 1.04 bits per heavy atom. The van der Waals surface area contributed by atoms with E-state index in [0.717, 1.165) is 5.56 Å². The summed E-state index contributed by atoms with van der Waals surface area (Å²) in [7, 11) is 9.03. The van der Waals surface area contributed by atoms with Gasteiger partial charge in [-0.2, -0.15) is 15.0 Å². The molecule has 2 aromatic rings.